The SMILES string of the molecule is CCC[CH2][Po]([CH2]CCC)([CH2]CCC)[CH2]C(=O)Nc1c(C)cccc1C(=O)OC. The maximum atomic E-state index is 13.1. The van der Waals surface area contributed by atoms with Gasteiger partial charge in [0.2, 0.25) is 0 Å². The number of aryl methyl sites for hydroxylation is 1. The van der Waals surface area contributed by atoms with Crippen molar-refractivity contribution in [3.05, 3.63) is 29.3 Å². The monoisotopic (exact) mass is 586 g/mol. The summed E-state index contributed by atoms with van der Waals surface area (Å²) in [5, 5.41) is 3.09. The molecule has 1 rings (SSSR count). The van der Waals surface area contributed by atoms with Gasteiger partial charge in [-0.15, -0.1) is 0 Å². The Labute approximate surface area is 176 Å². The van der Waals surface area contributed by atoms with Crippen LogP contribution in [0, 0.1) is 6.92 Å². The first-order valence-corrected chi connectivity index (χ1v) is 19.6. The zero-order chi connectivity index (χ0) is 21.0. The molecule has 1 aromatic rings. The van der Waals surface area contributed by atoms with Crippen LogP contribution in [0.25, 0.3) is 0 Å². The Balaban J connectivity index is 3.05. The third kappa shape index (κ3) is 7.82. The van der Waals surface area contributed by atoms with Crippen molar-refractivity contribution in [2.45, 2.75) is 82.5 Å². The molecule has 0 heterocycles. The molecule has 1 N–H and O–H groups in total. The molecule has 0 aromatic heterocycles. The molecule has 0 bridgehead atoms. The predicted molar refractivity (Wildman–Crippen MR) is 121 cm³/mol. The van der Waals surface area contributed by atoms with Crippen molar-refractivity contribution in [1.82, 2.24) is 0 Å². The quantitative estimate of drug-likeness (QED) is 0.266. The normalized spacial score (nSPS) is 11.9. The molecule has 0 atom stereocenters. The minimum atomic E-state index is -2.54. The first kappa shape index (κ1) is 25.1. The van der Waals surface area contributed by atoms with Crippen LogP contribution in [0.4, 0.5) is 5.69 Å². The number of nitrogens with one attached hydrogen (secondary N) is 1. The van der Waals surface area contributed by atoms with Crippen LogP contribution in [0.1, 0.15) is 75.2 Å². The summed E-state index contributed by atoms with van der Waals surface area (Å²) >= 11 is -2.54. The summed E-state index contributed by atoms with van der Waals surface area (Å²) in [6.07, 6.45) is 7.32. The van der Waals surface area contributed by atoms with Crippen LogP contribution in [0.3, 0.4) is 0 Å². The molecule has 0 unspecified atom stereocenters. The molecule has 0 aliphatic carbocycles. The molecule has 160 valence electrons. The van der Waals surface area contributed by atoms with E-state index in [1.807, 2.05) is 19.1 Å². The van der Waals surface area contributed by atoms with E-state index in [-0.39, 0.29) is 5.91 Å². The van der Waals surface area contributed by atoms with Gasteiger partial charge in [0, 0.05) is 0 Å². The van der Waals surface area contributed by atoms with E-state index in [0.29, 0.717) is 11.3 Å². The summed E-state index contributed by atoms with van der Waals surface area (Å²) < 4.78 is 9.52. The van der Waals surface area contributed by atoms with E-state index in [9.17, 15) is 9.59 Å². The van der Waals surface area contributed by atoms with Gasteiger partial charge in [-0.2, -0.15) is 0 Å². The Bertz CT molecular complexity index is 608. The van der Waals surface area contributed by atoms with Gasteiger partial charge in [0.25, 0.3) is 0 Å². The Morgan fingerprint density at radius 1 is 0.964 bits per heavy atom. The molecule has 1 aromatic carbocycles. The fraction of sp³-hybridized carbons (Fsp3) is 0.652. The number of carbonyl (C=O) groups is 2. The van der Waals surface area contributed by atoms with Gasteiger partial charge >= 0.3 is 177 Å². The molecule has 5 heteroatoms. The molecule has 0 saturated carbocycles. The molecule has 1 amide bonds. The van der Waals surface area contributed by atoms with Crippen LogP contribution < -0.4 is 5.32 Å². The predicted octanol–water partition coefficient (Wildman–Crippen LogP) is 6.57. The molecule has 0 aliphatic heterocycles. The van der Waals surface area contributed by atoms with Gasteiger partial charge in [-0.05, 0) is 0 Å². The second kappa shape index (κ2) is 13.3. The maximum absolute atomic E-state index is 13.1. The van der Waals surface area contributed by atoms with Crippen molar-refractivity contribution in [1.29, 1.82) is 0 Å². The molecule has 4 nitrogen and oxygen atoms in total. The fourth-order valence-electron chi connectivity index (χ4n) is 3.44. The third-order valence-electron chi connectivity index (χ3n) is 5.17. The fourth-order valence-corrected chi connectivity index (χ4v) is 20.5. The van der Waals surface area contributed by atoms with E-state index in [2.05, 4.69) is 26.1 Å². The number of para-hydroxylation sites is 1. The van der Waals surface area contributed by atoms with Crippen molar-refractivity contribution < 1.29 is 14.3 Å². The summed E-state index contributed by atoms with van der Waals surface area (Å²) in [6, 6.07) is 5.46. The molecule has 0 spiro atoms. The Morgan fingerprint density at radius 2 is 1.50 bits per heavy atom. The van der Waals surface area contributed by atoms with E-state index in [4.69, 9.17) is 4.74 Å². The zero-order valence-corrected chi connectivity index (χ0v) is 21.6. The van der Waals surface area contributed by atoms with Crippen molar-refractivity contribution in [3.63, 3.8) is 0 Å². The van der Waals surface area contributed by atoms with Gasteiger partial charge in [-0.25, -0.2) is 0 Å². The standard InChI is InChI=1S/C11H12NO3.3C4H9.Po/c1-7-5-4-6-9(11(14)15-3)10(7)12-8(2)13;3*1-3-4-2;/h4-6H,2H2,1,3H3,(H,12,13);3*1,3-4H2,2H3;. The second-order valence-corrected chi connectivity index (χ2v) is 23.0. The number of esters is 1. The summed E-state index contributed by atoms with van der Waals surface area (Å²) in [5.41, 5.74) is 1.94. The summed E-state index contributed by atoms with van der Waals surface area (Å²) in [7, 11) is 1.37. The van der Waals surface area contributed by atoms with Crippen LogP contribution in [-0.2, 0) is 9.53 Å². The van der Waals surface area contributed by atoms with E-state index in [1.165, 1.54) is 57.9 Å². The van der Waals surface area contributed by atoms with Gasteiger partial charge in [0.1, 0.15) is 0 Å². The van der Waals surface area contributed by atoms with Crippen molar-refractivity contribution in [3.8, 4) is 0 Å². The molecule has 0 aliphatic rings. The number of benzene rings is 1. The summed E-state index contributed by atoms with van der Waals surface area (Å²) in [5.74, 6) is -0.311. The van der Waals surface area contributed by atoms with Crippen molar-refractivity contribution >= 4 is 38.1 Å². The van der Waals surface area contributed by atoms with Crippen molar-refractivity contribution in [2.75, 3.05) is 12.4 Å². The van der Waals surface area contributed by atoms with Crippen LogP contribution in [0.2, 0.25) is 16.3 Å². The number of amides is 1. The van der Waals surface area contributed by atoms with E-state index in [1.54, 1.807) is 6.07 Å². The number of hydrogen-bond acceptors (Lipinski definition) is 3. The zero-order valence-electron chi connectivity index (χ0n) is 18.4. The van der Waals surface area contributed by atoms with Gasteiger partial charge in [0.05, 0.1) is 0 Å². The topological polar surface area (TPSA) is 55.4 Å². The second-order valence-electron chi connectivity index (χ2n) is 7.58. The van der Waals surface area contributed by atoms with Gasteiger partial charge in [-0.1, -0.05) is 0 Å². The molecular weight excluding hydrogens is 547 g/mol. The summed E-state index contributed by atoms with van der Waals surface area (Å²) in [6.45, 7) is 8.65. The molecule has 0 saturated heterocycles. The Hall–Kier alpha value is -0.944. The van der Waals surface area contributed by atoms with Gasteiger partial charge in [0.15, 0.2) is 0 Å². The van der Waals surface area contributed by atoms with Crippen LogP contribution >= 0.6 is 0 Å². The average molecular weight is 587 g/mol. The van der Waals surface area contributed by atoms with E-state index < -0.39 is 26.5 Å². The van der Waals surface area contributed by atoms with Crippen LogP contribution in [-0.4, -0.2) is 39.6 Å². The molecule has 0 fully saturated rings. The molecule has 28 heavy (non-hydrogen) atoms. The van der Waals surface area contributed by atoms with E-state index in [0.717, 1.165) is 9.64 Å². The summed E-state index contributed by atoms with van der Waals surface area (Å²) in [4.78, 5) is 25.2. The average Bonchev–Trinajstić information content (AvgIpc) is 2.69. The van der Waals surface area contributed by atoms with E-state index >= 15 is 0 Å². The first-order valence-electron chi connectivity index (χ1n) is 10.6. The van der Waals surface area contributed by atoms with Gasteiger partial charge < -0.3 is 0 Å². The van der Waals surface area contributed by atoms with Crippen LogP contribution in [0.15, 0.2) is 18.2 Å². The first-order chi connectivity index (χ1) is 13.4. The number of hydrogen-bond donors (Lipinski definition) is 1. The number of anilines is 1. The number of carbonyl (C=O) groups excluding carboxylic acids is 2. The number of methoxy groups -OCH3 is 1. The molecule has 0 radical (unpaired) electrons. The number of unbranched alkanes of at least 4 members (excludes halogenated alkanes) is 3. The molecular formula is C23H39NO3Po. The minimum absolute atomic E-state index is 0.0952. The Kier molecular flexibility index (Phi) is 11.9. The van der Waals surface area contributed by atoms with Gasteiger partial charge in [-0.3, -0.25) is 0 Å². The van der Waals surface area contributed by atoms with Crippen LogP contribution in [0.5, 0.6) is 0 Å². The number of ether oxygens (including phenoxy) is 1. The third-order valence-corrected chi connectivity index (χ3v) is 22.0. The van der Waals surface area contributed by atoms with Crippen molar-refractivity contribution in [2.24, 2.45) is 0 Å². The number of rotatable bonds is 13. The Morgan fingerprint density at radius 3 is 1.96 bits per heavy atom.